The third-order valence-electron chi connectivity index (χ3n) is 0. The summed E-state index contributed by atoms with van der Waals surface area (Å²) in [5, 5.41) is 17.2. The van der Waals surface area contributed by atoms with E-state index in [1.54, 1.807) is 10.0 Å². The minimum absolute atomic E-state index is 0. The van der Waals surface area contributed by atoms with Gasteiger partial charge in [-0.2, -0.15) is 13.1 Å². The maximum atomic E-state index is 6.86. The van der Waals surface area contributed by atoms with Gasteiger partial charge in [-0.1, -0.05) is 0 Å². The monoisotopic (exact) mass is 200 g/mol. The van der Waals surface area contributed by atoms with Crippen LogP contribution >= 0.6 is 0 Å². The molecule has 0 aromatic carbocycles. The molecule has 0 fully saturated rings. The zero-order valence-electron chi connectivity index (χ0n) is 3.50. The van der Waals surface area contributed by atoms with Crippen molar-refractivity contribution in [1.29, 1.82) is 0 Å². The maximum absolute atomic E-state index is 6.86. The first-order valence-electron chi connectivity index (χ1n) is 0.847. The zero-order valence-corrected chi connectivity index (χ0v) is 7.53. The molecular formula is C2H2CdN2O2. The van der Waals surface area contributed by atoms with Crippen LogP contribution in [0.4, 0.5) is 0 Å². The van der Waals surface area contributed by atoms with Crippen molar-refractivity contribution in [2.45, 2.75) is 0 Å². The summed E-state index contributed by atoms with van der Waals surface area (Å²) in [4.78, 5) is 0. The molecule has 0 saturated heterocycles. The Bertz CT molecular complexity index is 68.7. The second kappa shape index (κ2) is 49.4. The first-order valence-corrected chi connectivity index (χ1v) is 0.847. The van der Waals surface area contributed by atoms with Gasteiger partial charge in [0.2, 0.25) is 0 Å². The molecule has 0 aliphatic rings. The minimum Gasteiger partial charge on any atom is -0.213 e. The van der Waals surface area contributed by atoms with E-state index in [-0.39, 0.29) is 27.3 Å². The molecule has 0 rings (SSSR count). The molecule has 0 radical (unpaired) electrons. The third-order valence-corrected chi connectivity index (χ3v) is 0. The second-order valence-corrected chi connectivity index (χ2v) is 0.200. The molecule has 0 aromatic heterocycles. The summed E-state index contributed by atoms with van der Waals surface area (Å²) >= 11 is 0. The maximum Gasteiger partial charge on any atom is 0 e. The van der Waals surface area contributed by atoms with E-state index in [1.807, 2.05) is 0 Å². The van der Waals surface area contributed by atoms with Crippen molar-refractivity contribution in [3.05, 3.63) is 23.2 Å². The van der Waals surface area contributed by atoms with Gasteiger partial charge in [0.05, 0.1) is 0 Å². The molecule has 5 heteroatoms. The van der Waals surface area contributed by atoms with Gasteiger partial charge in [-0.15, -0.1) is 0 Å². The summed E-state index contributed by atoms with van der Waals surface area (Å²) < 4.78 is 0. The topological polar surface area (TPSA) is 49.2 Å². The van der Waals surface area contributed by atoms with Gasteiger partial charge in [-0.25, -0.2) is 10.4 Å². The van der Waals surface area contributed by atoms with Gasteiger partial charge >= 0.3 is 0 Å². The molecule has 4 nitrogen and oxygen atoms in total. The molecule has 0 atom stereocenters. The van der Waals surface area contributed by atoms with E-state index in [2.05, 4.69) is 0 Å². The Hall–Kier alpha value is -0.498. The van der Waals surface area contributed by atoms with Gasteiger partial charge in [-0.3, -0.25) is 0 Å². The van der Waals surface area contributed by atoms with Crippen molar-refractivity contribution < 1.29 is 37.7 Å². The van der Waals surface area contributed by atoms with Crippen molar-refractivity contribution in [1.82, 2.24) is 0 Å². The summed E-state index contributed by atoms with van der Waals surface area (Å²) in [6.45, 7) is 10.8. The van der Waals surface area contributed by atoms with Gasteiger partial charge in [0.25, 0.3) is 0 Å². The number of nitrogens with zero attached hydrogens (tertiary/aromatic N) is 2. The fourth-order valence-electron chi connectivity index (χ4n) is 0. The Balaban J connectivity index is -0.0000000400. The van der Waals surface area contributed by atoms with Crippen LogP contribution in [0.1, 0.15) is 0 Å². The summed E-state index contributed by atoms with van der Waals surface area (Å²) in [6, 6.07) is 0. The summed E-state index contributed by atoms with van der Waals surface area (Å²) in [5.41, 5.74) is 0. The first kappa shape index (κ1) is 16.0. The van der Waals surface area contributed by atoms with E-state index < -0.39 is 0 Å². The Morgan fingerprint density at radius 1 is 1.00 bits per heavy atom. The van der Waals surface area contributed by atoms with Gasteiger partial charge in [0.1, 0.15) is 0 Å². The molecule has 0 spiro atoms. The van der Waals surface area contributed by atoms with Crippen LogP contribution in [0.25, 0.3) is 10.0 Å². The van der Waals surface area contributed by atoms with Crippen LogP contribution in [0.3, 0.4) is 0 Å². The van der Waals surface area contributed by atoms with Crippen molar-refractivity contribution in [3.63, 3.8) is 0 Å². The molecule has 0 amide bonds. The molecule has 34 valence electrons. The summed E-state index contributed by atoms with van der Waals surface area (Å²) in [7, 11) is 0. The molecule has 0 heterocycles. The largest absolute Gasteiger partial charge is 0.213 e. The average molecular weight is 198 g/mol. The van der Waals surface area contributed by atoms with E-state index >= 15 is 0 Å². The Morgan fingerprint density at radius 3 is 1.00 bits per heavy atom. The van der Waals surface area contributed by atoms with Gasteiger partial charge in [0, 0.05) is 27.3 Å². The molecule has 0 aromatic rings. The van der Waals surface area contributed by atoms with E-state index in [9.17, 15) is 0 Å². The van der Waals surface area contributed by atoms with Crippen LogP contribution in [-0.4, -0.2) is 10.4 Å². The number of hydrogen-bond acceptors (Lipinski definition) is 2. The van der Waals surface area contributed by atoms with E-state index in [0.717, 1.165) is 0 Å². The average Bonchev–Trinajstić information content (AvgIpc) is 1.39. The third kappa shape index (κ3) is 272. The Kier molecular flexibility index (Phi) is 113. The van der Waals surface area contributed by atoms with Crippen molar-refractivity contribution in [2.75, 3.05) is 0 Å². The molecular weight excluding hydrogens is 196 g/mol. The van der Waals surface area contributed by atoms with Crippen LogP contribution in [0.2, 0.25) is 0 Å². The molecule has 2 N–H and O–H groups in total. The fraction of sp³-hybridized carbons (Fsp3) is 0. The Labute approximate surface area is 61.1 Å². The molecule has 0 aliphatic carbocycles. The van der Waals surface area contributed by atoms with E-state index in [4.69, 9.17) is 23.6 Å². The van der Waals surface area contributed by atoms with Crippen LogP contribution in [0.5, 0.6) is 0 Å². The molecule has 0 saturated carbocycles. The van der Waals surface area contributed by atoms with Gasteiger partial charge < -0.3 is 0 Å². The van der Waals surface area contributed by atoms with E-state index in [1.165, 1.54) is 0 Å². The standard InChI is InChI=1S/2CHNO.Cd/c2*1-2-3;/h2*3H;. The Morgan fingerprint density at radius 2 is 1.00 bits per heavy atom. The molecule has 7 heavy (non-hydrogen) atoms. The fourth-order valence-corrected chi connectivity index (χ4v) is 0. The molecule has 0 aliphatic heterocycles. The zero-order chi connectivity index (χ0) is 5.41. The number of hydrogen-bond donors (Lipinski definition) is 2. The minimum atomic E-state index is 0. The SMILES string of the molecule is [C-]#[N+]O.[C-]#[N+]O.[Cd]. The van der Waals surface area contributed by atoms with Gasteiger partial charge in [-0.05, 0) is 10.0 Å². The normalized spacial score (nSPS) is 2.00. The van der Waals surface area contributed by atoms with Crippen molar-refractivity contribution >= 4 is 0 Å². The quantitative estimate of drug-likeness (QED) is 0.340. The van der Waals surface area contributed by atoms with Crippen LogP contribution in [0, 0.1) is 13.1 Å². The van der Waals surface area contributed by atoms with Crippen LogP contribution in [0.15, 0.2) is 0 Å². The molecule has 0 bridgehead atoms. The van der Waals surface area contributed by atoms with Crippen LogP contribution in [-0.2, 0) is 27.3 Å². The summed E-state index contributed by atoms with van der Waals surface area (Å²) in [6.07, 6.45) is 0. The van der Waals surface area contributed by atoms with E-state index in [0.29, 0.717) is 0 Å². The number of rotatable bonds is 0. The van der Waals surface area contributed by atoms with Crippen molar-refractivity contribution in [3.8, 4) is 0 Å². The van der Waals surface area contributed by atoms with Gasteiger partial charge in [0.15, 0.2) is 0 Å². The second-order valence-electron chi connectivity index (χ2n) is 0.200. The van der Waals surface area contributed by atoms with Crippen molar-refractivity contribution in [2.24, 2.45) is 0 Å². The predicted molar refractivity (Wildman–Crippen MR) is 16.8 cm³/mol. The summed E-state index contributed by atoms with van der Waals surface area (Å²) in [5.74, 6) is 0. The smallest absolute Gasteiger partial charge is 0 e. The molecule has 0 unspecified atom stereocenters. The predicted octanol–water partition coefficient (Wildman–Crippen LogP) is 0.587. The van der Waals surface area contributed by atoms with Crippen LogP contribution < -0.4 is 0 Å². The first-order chi connectivity index (χ1) is 2.83.